The van der Waals surface area contributed by atoms with E-state index >= 15 is 0 Å². The zero-order chi connectivity index (χ0) is 14.8. The molecule has 1 aliphatic carbocycles. The van der Waals surface area contributed by atoms with E-state index < -0.39 is 6.17 Å². The van der Waals surface area contributed by atoms with Crippen molar-refractivity contribution in [2.24, 2.45) is 0 Å². The molecule has 0 aromatic heterocycles. The number of rotatable bonds is 5. The van der Waals surface area contributed by atoms with Gasteiger partial charge < -0.3 is 0 Å². The zero-order valence-corrected chi connectivity index (χ0v) is 12.9. The van der Waals surface area contributed by atoms with E-state index in [-0.39, 0.29) is 0 Å². The molecule has 0 saturated heterocycles. The molecule has 2 aromatic rings. The van der Waals surface area contributed by atoms with Gasteiger partial charge in [0.25, 0.3) is 0 Å². The molecule has 0 bridgehead atoms. The quantitative estimate of drug-likeness (QED) is 0.636. The second kappa shape index (κ2) is 6.01. The molecule has 0 N–H and O–H groups in total. The molecule has 2 aromatic carbocycles. The summed E-state index contributed by atoms with van der Waals surface area (Å²) < 4.78 is 13.5. The highest BCUT2D eigenvalue weighted by atomic mass is 19.1. The van der Waals surface area contributed by atoms with E-state index in [4.69, 9.17) is 0 Å². The average molecular weight is 282 g/mol. The summed E-state index contributed by atoms with van der Waals surface area (Å²) in [6.07, 6.45) is 2.13. The first kappa shape index (κ1) is 14.3. The van der Waals surface area contributed by atoms with Crippen LogP contribution >= 0.6 is 0 Å². The molecule has 110 valence electrons. The molecule has 0 spiro atoms. The van der Waals surface area contributed by atoms with Gasteiger partial charge in [-0.2, -0.15) is 0 Å². The van der Waals surface area contributed by atoms with Gasteiger partial charge in [0.15, 0.2) is 0 Å². The summed E-state index contributed by atoms with van der Waals surface area (Å²) in [5.74, 6) is 1.04. The van der Waals surface area contributed by atoms with E-state index in [2.05, 4.69) is 62.4 Å². The Bertz CT molecular complexity index is 602. The fourth-order valence-corrected chi connectivity index (χ4v) is 3.40. The molecule has 0 nitrogen and oxygen atoms in total. The van der Waals surface area contributed by atoms with E-state index in [0.29, 0.717) is 18.3 Å². The monoisotopic (exact) mass is 282 g/mol. The van der Waals surface area contributed by atoms with Gasteiger partial charge in [-0.05, 0) is 46.9 Å². The van der Waals surface area contributed by atoms with E-state index in [9.17, 15) is 4.39 Å². The number of hydrogen-bond acceptors (Lipinski definition) is 0. The largest absolute Gasteiger partial charge is 0.242 e. The van der Waals surface area contributed by atoms with E-state index in [1.165, 1.54) is 16.7 Å². The zero-order valence-electron chi connectivity index (χ0n) is 12.9. The summed E-state index contributed by atoms with van der Waals surface area (Å²) in [6, 6.07) is 17.1. The molecule has 3 atom stereocenters. The predicted octanol–water partition coefficient (Wildman–Crippen LogP) is 5.94. The molecule has 0 fully saturated rings. The van der Waals surface area contributed by atoms with E-state index in [1.54, 1.807) is 0 Å². The van der Waals surface area contributed by atoms with Crippen LogP contribution in [0.1, 0.15) is 67.0 Å². The third-order valence-corrected chi connectivity index (χ3v) is 4.88. The van der Waals surface area contributed by atoms with E-state index in [1.807, 2.05) is 0 Å². The lowest BCUT2D eigenvalue weighted by molar-refractivity contribution is 0.305. The van der Waals surface area contributed by atoms with Crippen LogP contribution < -0.4 is 0 Å². The Kier molecular flexibility index (Phi) is 4.10. The van der Waals surface area contributed by atoms with Crippen molar-refractivity contribution in [1.82, 2.24) is 0 Å². The van der Waals surface area contributed by atoms with Crippen molar-refractivity contribution in [3.63, 3.8) is 0 Å². The van der Waals surface area contributed by atoms with Crippen molar-refractivity contribution in [2.75, 3.05) is 0 Å². The highest BCUT2D eigenvalue weighted by Gasteiger charge is 2.26. The van der Waals surface area contributed by atoms with Gasteiger partial charge in [-0.1, -0.05) is 62.4 Å². The van der Waals surface area contributed by atoms with Gasteiger partial charge in [0.1, 0.15) is 6.17 Å². The molecular weight excluding hydrogens is 259 g/mol. The maximum Gasteiger partial charge on any atom is 0.129 e. The van der Waals surface area contributed by atoms with Gasteiger partial charge in [0, 0.05) is 6.42 Å². The van der Waals surface area contributed by atoms with Crippen LogP contribution in [0.5, 0.6) is 0 Å². The molecule has 1 heteroatoms. The third kappa shape index (κ3) is 2.88. The summed E-state index contributed by atoms with van der Waals surface area (Å²) in [5, 5.41) is 0. The van der Waals surface area contributed by atoms with Crippen molar-refractivity contribution in [3.05, 3.63) is 70.8 Å². The minimum atomic E-state index is -0.733. The van der Waals surface area contributed by atoms with E-state index in [0.717, 1.165) is 18.4 Å². The minimum Gasteiger partial charge on any atom is -0.242 e. The Morgan fingerprint density at radius 1 is 1.10 bits per heavy atom. The molecule has 0 heterocycles. The molecule has 3 unspecified atom stereocenters. The van der Waals surface area contributed by atoms with Crippen molar-refractivity contribution in [3.8, 4) is 0 Å². The third-order valence-electron chi connectivity index (χ3n) is 4.88. The minimum absolute atomic E-state index is 0.466. The molecule has 0 saturated carbocycles. The molecule has 0 radical (unpaired) electrons. The number of benzene rings is 2. The fourth-order valence-electron chi connectivity index (χ4n) is 3.40. The Morgan fingerprint density at radius 2 is 1.86 bits per heavy atom. The van der Waals surface area contributed by atoms with Crippen molar-refractivity contribution < 1.29 is 4.39 Å². The Morgan fingerprint density at radius 3 is 2.52 bits per heavy atom. The summed E-state index contributed by atoms with van der Waals surface area (Å²) >= 11 is 0. The number of hydrogen-bond donors (Lipinski definition) is 0. The molecule has 0 aliphatic heterocycles. The van der Waals surface area contributed by atoms with Gasteiger partial charge in [0.05, 0.1) is 0 Å². The normalized spacial score (nSPS) is 19.5. The van der Waals surface area contributed by atoms with Gasteiger partial charge in [-0.15, -0.1) is 0 Å². The van der Waals surface area contributed by atoms with Gasteiger partial charge >= 0.3 is 0 Å². The first-order chi connectivity index (χ1) is 10.2. The predicted molar refractivity (Wildman–Crippen MR) is 86.5 cm³/mol. The highest BCUT2D eigenvalue weighted by Crippen LogP contribution is 2.39. The van der Waals surface area contributed by atoms with Crippen molar-refractivity contribution >= 4 is 0 Å². The maximum atomic E-state index is 13.5. The first-order valence-electron chi connectivity index (χ1n) is 8.00. The van der Waals surface area contributed by atoms with Crippen LogP contribution in [-0.2, 0) is 6.42 Å². The Labute approximate surface area is 127 Å². The van der Waals surface area contributed by atoms with Crippen LogP contribution in [0, 0.1) is 0 Å². The Hall–Kier alpha value is -1.63. The van der Waals surface area contributed by atoms with Gasteiger partial charge in [-0.25, -0.2) is 4.39 Å². The fraction of sp³-hybridized carbons (Fsp3) is 0.400. The first-order valence-corrected chi connectivity index (χ1v) is 8.00. The van der Waals surface area contributed by atoms with Crippen LogP contribution in [0.4, 0.5) is 4.39 Å². The summed E-state index contributed by atoms with van der Waals surface area (Å²) in [5.41, 5.74) is 4.81. The molecule has 0 amide bonds. The Balaban J connectivity index is 1.74. The second-order valence-corrected chi connectivity index (χ2v) is 6.28. The standard InChI is InChI=1S/C20H23F/c1-3-15(16-7-5-4-6-8-16)11-14(2)17-9-10-18-13-20(21)19(18)12-17/h4-10,12,14-15,20H,3,11,13H2,1-2H3. The van der Waals surface area contributed by atoms with Crippen molar-refractivity contribution in [1.29, 1.82) is 0 Å². The van der Waals surface area contributed by atoms with Crippen LogP contribution in [0.3, 0.4) is 0 Å². The van der Waals surface area contributed by atoms with Gasteiger partial charge in [0.2, 0.25) is 0 Å². The summed E-state index contributed by atoms with van der Waals surface area (Å²) in [7, 11) is 0. The van der Waals surface area contributed by atoms with Crippen LogP contribution in [0.25, 0.3) is 0 Å². The number of fused-ring (bicyclic) bond motifs is 1. The molecule has 21 heavy (non-hydrogen) atoms. The molecule has 1 aliphatic rings. The maximum absolute atomic E-state index is 13.5. The summed E-state index contributed by atoms with van der Waals surface area (Å²) in [4.78, 5) is 0. The number of alkyl halides is 1. The van der Waals surface area contributed by atoms with Crippen LogP contribution in [-0.4, -0.2) is 0 Å². The lowest BCUT2D eigenvalue weighted by atomic mass is 9.80. The van der Waals surface area contributed by atoms with Gasteiger partial charge in [-0.3, -0.25) is 0 Å². The molecular formula is C20H23F. The smallest absolute Gasteiger partial charge is 0.129 e. The summed E-state index contributed by atoms with van der Waals surface area (Å²) in [6.45, 7) is 4.51. The van der Waals surface area contributed by atoms with Crippen LogP contribution in [0.2, 0.25) is 0 Å². The SMILES string of the molecule is CCC(CC(C)c1ccc2c(c1)C(F)C2)c1ccccc1. The van der Waals surface area contributed by atoms with Crippen molar-refractivity contribution in [2.45, 2.75) is 51.1 Å². The molecule has 3 rings (SSSR count). The second-order valence-electron chi connectivity index (χ2n) is 6.28. The van der Waals surface area contributed by atoms with Crippen LogP contribution in [0.15, 0.2) is 48.5 Å². The topological polar surface area (TPSA) is 0 Å². The average Bonchev–Trinajstić information content (AvgIpc) is 2.52. The highest BCUT2D eigenvalue weighted by molar-refractivity contribution is 5.42. The lowest BCUT2D eigenvalue weighted by Crippen LogP contribution is -2.14. The lowest BCUT2D eigenvalue weighted by Gasteiger charge is -2.26. The number of halogens is 1.